The number of hydrogen-bond acceptors (Lipinski definition) is 5. The number of ether oxygens (including phenoxy) is 1. The van der Waals surface area contributed by atoms with E-state index >= 15 is 0 Å². The highest BCUT2D eigenvalue weighted by molar-refractivity contribution is 7.98. The van der Waals surface area contributed by atoms with Gasteiger partial charge in [0.05, 0.1) is 27.7 Å². The molecular weight excluding hydrogens is 527 g/mol. The average molecular weight is 554 g/mol. The molecule has 10 heteroatoms. The van der Waals surface area contributed by atoms with E-state index in [0.29, 0.717) is 45.1 Å². The molecule has 0 spiro atoms. The van der Waals surface area contributed by atoms with Crippen molar-refractivity contribution in [1.29, 1.82) is 0 Å². The number of para-hydroxylation sites is 1. The number of aryl methyl sites for hydroxylation is 1. The molecule has 6 nitrogen and oxygen atoms in total. The average Bonchev–Trinajstić information content (AvgIpc) is 2.84. The molecule has 0 unspecified atom stereocenters. The maximum atomic E-state index is 13.5. The van der Waals surface area contributed by atoms with Crippen molar-refractivity contribution in [2.75, 3.05) is 30.3 Å². The van der Waals surface area contributed by atoms with Crippen molar-refractivity contribution in [3.63, 3.8) is 0 Å². The Bertz CT molecular complexity index is 1270. The first-order valence-electron chi connectivity index (χ1n) is 10.7. The molecular formula is C25H26Cl2N2O4S2. The molecule has 186 valence electrons. The third-order valence-electron chi connectivity index (χ3n) is 5.11. The molecule has 3 rings (SSSR count). The van der Waals surface area contributed by atoms with E-state index in [0.717, 1.165) is 9.87 Å². The lowest BCUT2D eigenvalue weighted by atomic mass is 10.2. The largest absolute Gasteiger partial charge is 0.496 e. The van der Waals surface area contributed by atoms with E-state index < -0.39 is 15.9 Å². The molecule has 0 saturated heterocycles. The van der Waals surface area contributed by atoms with Crippen molar-refractivity contribution in [2.45, 2.75) is 17.6 Å². The minimum absolute atomic E-state index is 0.0876. The Hall–Kier alpha value is -2.39. The summed E-state index contributed by atoms with van der Waals surface area (Å²) in [5.41, 5.74) is 2.13. The molecule has 0 saturated carbocycles. The maximum absolute atomic E-state index is 13.5. The van der Waals surface area contributed by atoms with Gasteiger partial charge in [-0.3, -0.25) is 9.10 Å². The normalized spacial score (nSPS) is 11.2. The van der Waals surface area contributed by atoms with Crippen molar-refractivity contribution in [2.24, 2.45) is 0 Å². The minimum atomic E-state index is -3.99. The summed E-state index contributed by atoms with van der Waals surface area (Å²) >= 11 is 13.6. The molecule has 0 aromatic heterocycles. The second kappa shape index (κ2) is 12.5. The predicted octanol–water partition coefficient (Wildman–Crippen LogP) is 5.56. The molecule has 0 radical (unpaired) electrons. The number of carbonyl (C=O) groups excluding carboxylic acids is 1. The molecule has 35 heavy (non-hydrogen) atoms. The van der Waals surface area contributed by atoms with Gasteiger partial charge in [-0.2, -0.15) is 11.8 Å². The molecule has 1 amide bonds. The summed E-state index contributed by atoms with van der Waals surface area (Å²) in [6, 6.07) is 18.7. The third-order valence-corrected chi connectivity index (χ3v) is 8.65. The lowest BCUT2D eigenvalue weighted by Crippen LogP contribution is -2.41. The second-order valence-electron chi connectivity index (χ2n) is 7.63. The monoisotopic (exact) mass is 552 g/mol. The van der Waals surface area contributed by atoms with Crippen LogP contribution in [0, 0.1) is 6.92 Å². The van der Waals surface area contributed by atoms with E-state index in [2.05, 4.69) is 5.32 Å². The molecule has 0 bridgehead atoms. The summed E-state index contributed by atoms with van der Waals surface area (Å²) in [6.45, 7) is 1.83. The van der Waals surface area contributed by atoms with Crippen LogP contribution in [0.1, 0.15) is 11.1 Å². The standard InChI is InChI=1S/C25H26Cl2N2O4S2/c1-18-14-21(9-11-24(18)33-2)35(31,32)29(20-6-4-3-5-7-20)16-25(30)28-12-13-34-17-19-8-10-22(26)23(27)15-19/h3-11,14-15H,12-13,16-17H2,1-2H3,(H,28,30). The van der Waals surface area contributed by atoms with Crippen LogP contribution in [-0.4, -0.2) is 40.3 Å². The van der Waals surface area contributed by atoms with Gasteiger partial charge in [0.15, 0.2) is 0 Å². The lowest BCUT2D eigenvalue weighted by Gasteiger charge is -2.24. The zero-order valence-corrected chi connectivity index (χ0v) is 22.5. The predicted molar refractivity (Wildman–Crippen MR) is 144 cm³/mol. The molecule has 1 N–H and O–H groups in total. The van der Waals surface area contributed by atoms with E-state index in [4.69, 9.17) is 27.9 Å². The van der Waals surface area contributed by atoms with Crippen LogP contribution in [0.5, 0.6) is 5.75 Å². The second-order valence-corrected chi connectivity index (χ2v) is 11.4. The number of halogens is 2. The highest BCUT2D eigenvalue weighted by atomic mass is 35.5. The number of carbonyl (C=O) groups is 1. The summed E-state index contributed by atoms with van der Waals surface area (Å²) < 4.78 is 33.3. The van der Waals surface area contributed by atoms with Crippen LogP contribution in [0.15, 0.2) is 71.6 Å². The van der Waals surface area contributed by atoms with E-state index in [1.54, 1.807) is 67.2 Å². The number of rotatable bonds is 11. The van der Waals surface area contributed by atoms with Crippen molar-refractivity contribution in [3.05, 3.63) is 87.9 Å². The van der Waals surface area contributed by atoms with Gasteiger partial charge < -0.3 is 10.1 Å². The number of nitrogens with one attached hydrogen (secondary N) is 1. The SMILES string of the molecule is COc1ccc(S(=O)(=O)N(CC(=O)NCCSCc2ccc(Cl)c(Cl)c2)c2ccccc2)cc1C. The van der Waals surface area contributed by atoms with Crippen molar-refractivity contribution < 1.29 is 17.9 Å². The summed E-state index contributed by atoms with van der Waals surface area (Å²) in [5.74, 6) is 1.57. The van der Waals surface area contributed by atoms with E-state index in [9.17, 15) is 13.2 Å². The van der Waals surface area contributed by atoms with E-state index in [-0.39, 0.29) is 11.4 Å². The molecule has 3 aromatic carbocycles. The van der Waals surface area contributed by atoms with Crippen LogP contribution in [0.4, 0.5) is 5.69 Å². The zero-order valence-electron chi connectivity index (χ0n) is 19.3. The molecule has 0 heterocycles. The van der Waals surface area contributed by atoms with Crippen LogP contribution in [0.3, 0.4) is 0 Å². The first kappa shape index (κ1) is 27.2. The van der Waals surface area contributed by atoms with Crippen molar-refractivity contribution in [1.82, 2.24) is 5.32 Å². The van der Waals surface area contributed by atoms with Gasteiger partial charge in [-0.15, -0.1) is 0 Å². The van der Waals surface area contributed by atoms with Gasteiger partial charge in [0.25, 0.3) is 10.0 Å². The van der Waals surface area contributed by atoms with Gasteiger partial charge in [-0.1, -0.05) is 47.5 Å². The molecule has 0 aliphatic carbocycles. The number of thioether (sulfide) groups is 1. The molecule has 0 aliphatic heterocycles. The Morgan fingerprint density at radius 3 is 2.43 bits per heavy atom. The van der Waals surface area contributed by atoms with Crippen LogP contribution in [-0.2, 0) is 20.6 Å². The van der Waals surface area contributed by atoms with E-state index in [1.807, 2.05) is 12.1 Å². The van der Waals surface area contributed by atoms with Crippen LogP contribution < -0.4 is 14.4 Å². The highest BCUT2D eigenvalue weighted by Gasteiger charge is 2.27. The molecule has 0 atom stereocenters. The molecule has 0 fully saturated rings. The Balaban J connectivity index is 1.64. The number of sulfonamides is 1. The fourth-order valence-corrected chi connectivity index (χ4v) is 5.95. The van der Waals surface area contributed by atoms with Gasteiger partial charge in [-0.05, 0) is 60.5 Å². The first-order chi connectivity index (χ1) is 16.7. The van der Waals surface area contributed by atoms with Crippen molar-refractivity contribution in [3.8, 4) is 5.75 Å². The zero-order chi connectivity index (χ0) is 25.4. The van der Waals surface area contributed by atoms with Crippen LogP contribution in [0.25, 0.3) is 0 Å². The van der Waals surface area contributed by atoms with Gasteiger partial charge in [0.2, 0.25) is 5.91 Å². The number of hydrogen-bond donors (Lipinski definition) is 1. The Morgan fingerprint density at radius 2 is 1.77 bits per heavy atom. The summed E-state index contributed by atoms with van der Waals surface area (Å²) in [4.78, 5) is 12.8. The number of nitrogens with zero attached hydrogens (tertiary/aromatic N) is 1. The summed E-state index contributed by atoms with van der Waals surface area (Å²) in [6.07, 6.45) is 0. The summed E-state index contributed by atoms with van der Waals surface area (Å²) in [5, 5.41) is 3.83. The number of anilines is 1. The summed E-state index contributed by atoms with van der Waals surface area (Å²) in [7, 11) is -2.46. The molecule has 0 aliphatic rings. The van der Waals surface area contributed by atoms with Gasteiger partial charge in [-0.25, -0.2) is 8.42 Å². The van der Waals surface area contributed by atoms with E-state index in [1.165, 1.54) is 13.2 Å². The first-order valence-corrected chi connectivity index (χ1v) is 14.1. The van der Waals surface area contributed by atoms with Crippen molar-refractivity contribution >= 4 is 56.6 Å². The Kier molecular flexibility index (Phi) is 9.74. The quantitative estimate of drug-likeness (QED) is 0.315. The van der Waals surface area contributed by atoms with Gasteiger partial charge in [0, 0.05) is 18.1 Å². The van der Waals surface area contributed by atoms with Gasteiger partial charge >= 0.3 is 0 Å². The topological polar surface area (TPSA) is 75.7 Å². The maximum Gasteiger partial charge on any atom is 0.264 e. The minimum Gasteiger partial charge on any atom is -0.496 e. The fourth-order valence-electron chi connectivity index (χ4n) is 3.32. The van der Waals surface area contributed by atoms with Crippen LogP contribution >= 0.6 is 35.0 Å². The Morgan fingerprint density at radius 1 is 1.03 bits per heavy atom. The Labute approximate surface area is 220 Å². The third kappa shape index (κ3) is 7.30. The molecule has 3 aromatic rings. The number of benzene rings is 3. The lowest BCUT2D eigenvalue weighted by molar-refractivity contribution is -0.119. The van der Waals surface area contributed by atoms with Crippen LogP contribution in [0.2, 0.25) is 10.0 Å². The number of methoxy groups -OCH3 is 1. The smallest absolute Gasteiger partial charge is 0.264 e. The van der Waals surface area contributed by atoms with Gasteiger partial charge in [0.1, 0.15) is 12.3 Å². The number of amides is 1. The fraction of sp³-hybridized carbons (Fsp3) is 0.240. The highest BCUT2D eigenvalue weighted by Crippen LogP contribution is 2.27.